The van der Waals surface area contributed by atoms with Crippen molar-refractivity contribution in [1.82, 2.24) is 1.92 Å². The highest BCUT2D eigenvalue weighted by atomic mass is 127. The molecule has 0 radical (unpaired) electrons. The number of hydrogen-bond acceptors (Lipinski definition) is 1. The molecule has 0 rings (SSSR count). The van der Waals surface area contributed by atoms with Gasteiger partial charge in [0, 0.05) is 22.9 Å². The summed E-state index contributed by atoms with van der Waals surface area (Å²) < 4.78 is 2.51. The zero-order valence-electron chi connectivity index (χ0n) is 7.64. The minimum atomic E-state index is -0.503. The van der Waals surface area contributed by atoms with Crippen LogP contribution in [-0.2, 0) is 0 Å². The van der Waals surface area contributed by atoms with Crippen molar-refractivity contribution in [3.05, 3.63) is 0 Å². The lowest BCUT2D eigenvalue weighted by Crippen LogP contribution is -2.18. The Morgan fingerprint density at radius 1 is 0.800 bits per heavy atom. The standard InChI is InChI=1S/C6H18INS2/c1-9(2,3)8(7)10(4,5)6/h1-6H3. The van der Waals surface area contributed by atoms with Gasteiger partial charge in [0.05, 0.1) is 0 Å². The van der Waals surface area contributed by atoms with Crippen molar-refractivity contribution in [2.24, 2.45) is 0 Å². The summed E-state index contributed by atoms with van der Waals surface area (Å²) in [5.41, 5.74) is 0. The molecular weight excluding hydrogens is 277 g/mol. The van der Waals surface area contributed by atoms with Crippen LogP contribution in [0.1, 0.15) is 0 Å². The fraction of sp³-hybridized carbons (Fsp3) is 1.00. The molecule has 4 heteroatoms. The van der Waals surface area contributed by atoms with Crippen LogP contribution in [0, 0.1) is 0 Å². The molecule has 10 heavy (non-hydrogen) atoms. The molecule has 0 saturated heterocycles. The summed E-state index contributed by atoms with van der Waals surface area (Å²) in [7, 11) is -1.01. The summed E-state index contributed by atoms with van der Waals surface area (Å²) >= 11 is 2.46. The first kappa shape index (κ1) is 11.4. The van der Waals surface area contributed by atoms with Gasteiger partial charge in [-0.3, -0.25) is 0 Å². The van der Waals surface area contributed by atoms with Gasteiger partial charge in [-0.1, -0.05) is 0 Å². The molecule has 0 aromatic rings. The summed E-state index contributed by atoms with van der Waals surface area (Å²) in [6.07, 6.45) is 14.0. The molecule has 0 aliphatic carbocycles. The summed E-state index contributed by atoms with van der Waals surface area (Å²) in [5.74, 6) is 0. The van der Waals surface area contributed by atoms with Crippen LogP contribution in [0.2, 0.25) is 0 Å². The number of nitrogens with zero attached hydrogens (tertiary/aromatic N) is 1. The maximum absolute atomic E-state index is 2.51. The van der Waals surface area contributed by atoms with Gasteiger partial charge in [0.2, 0.25) is 0 Å². The third-order valence-corrected chi connectivity index (χ3v) is 12.4. The largest absolute Gasteiger partial charge is 0.177 e. The topological polar surface area (TPSA) is 3.24 Å². The maximum atomic E-state index is 2.51. The van der Waals surface area contributed by atoms with Gasteiger partial charge in [-0.15, -0.1) is 0 Å². The molecule has 0 amide bonds. The van der Waals surface area contributed by atoms with E-state index in [9.17, 15) is 0 Å². The Kier molecular flexibility index (Phi) is 3.88. The number of halogens is 1. The van der Waals surface area contributed by atoms with Crippen LogP contribution in [0.5, 0.6) is 0 Å². The van der Waals surface area contributed by atoms with Crippen molar-refractivity contribution in [2.75, 3.05) is 37.5 Å². The molecule has 0 fully saturated rings. The second-order valence-corrected chi connectivity index (χ2v) is 14.1. The monoisotopic (exact) mass is 295 g/mol. The normalized spacial score (nSPS) is 17.6. The van der Waals surface area contributed by atoms with Crippen LogP contribution in [0.25, 0.3) is 0 Å². The van der Waals surface area contributed by atoms with E-state index in [2.05, 4.69) is 62.3 Å². The Bertz CT molecular complexity index is 99.9. The van der Waals surface area contributed by atoms with E-state index in [1.807, 2.05) is 0 Å². The minimum Gasteiger partial charge on any atom is -0.177 e. The van der Waals surface area contributed by atoms with Crippen LogP contribution < -0.4 is 0 Å². The first-order valence-electron chi connectivity index (χ1n) is 2.98. The number of hydrogen-bond donors (Lipinski definition) is 0. The zero-order valence-corrected chi connectivity index (χ0v) is 11.4. The quantitative estimate of drug-likeness (QED) is 0.559. The van der Waals surface area contributed by atoms with Gasteiger partial charge in [-0.2, -0.15) is 22.4 Å². The van der Waals surface area contributed by atoms with Crippen molar-refractivity contribution in [2.45, 2.75) is 0 Å². The summed E-state index contributed by atoms with van der Waals surface area (Å²) in [6.45, 7) is 0. The van der Waals surface area contributed by atoms with Crippen LogP contribution >= 0.6 is 43.3 Å². The Balaban J connectivity index is 4.23. The van der Waals surface area contributed by atoms with E-state index >= 15 is 0 Å². The lowest BCUT2D eigenvalue weighted by molar-refractivity contribution is 1.29. The van der Waals surface area contributed by atoms with E-state index in [1.54, 1.807) is 0 Å². The maximum Gasteiger partial charge on any atom is 0.0411 e. The van der Waals surface area contributed by atoms with Crippen LogP contribution in [0.4, 0.5) is 0 Å². The lowest BCUT2D eigenvalue weighted by Gasteiger charge is -2.46. The van der Waals surface area contributed by atoms with Crippen molar-refractivity contribution < 1.29 is 0 Å². The molecule has 0 aromatic heterocycles. The van der Waals surface area contributed by atoms with Gasteiger partial charge >= 0.3 is 0 Å². The highest BCUT2D eigenvalue weighted by Crippen LogP contribution is 2.59. The summed E-state index contributed by atoms with van der Waals surface area (Å²) in [6, 6.07) is 0. The van der Waals surface area contributed by atoms with Gasteiger partial charge in [0.25, 0.3) is 0 Å². The molecule has 0 heterocycles. The Hall–Kier alpha value is 1.39. The predicted molar refractivity (Wildman–Crippen MR) is 66.6 cm³/mol. The minimum absolute atomic E-state index is 0.503. The van der Waals surface area contributed by atoms with E-state index in [0.717, 1.165) is 0 Å². The second kappa shape index (κ2) is 3.41. The third kappa shape index (κ3) is 3.69. The van der Waals surface area contributed by atoms with Gasteiger partial charge in [0.1, 0.15) is 0 Å². The van der Waals surface area contributed by atoms with Crippen molar-refractivity contribution in [3.63, 3.8) is 0 Å². The third-order valence-electron chi connectivity index (χ3n) is 0.861. The average molecular weight is 295 g/mol. The molecule has 0 spiro atoms. The fourth-order valence-electron chi connectivity index (χ4n) is 0.671. The van der Waals surface area contributed by atoms with Crippen LogP contribution in [0.3, 0.4) is 0 Å². The highest BCUT2D eigenvalue weighted by Gasteiger charge is 2.21. The predicted octanol–water partition coefficient (Wildman–Crippen LogP) is 2.86. The van der Waals surface area contributed by atoms with E-state index in [4.69, 9.17) is 0 Å². The lowest BCUT2D eigenvalue weighted by atomic mass is 11.9. The first-order valence-corrected chi connectivity index (χ1v) is 9.58. The highest BCUT2D eigenvalue weighted by molar-refractivity contribution is 14.1. The second-order valence-electron chi connectivity index (χ2n) is 3.76. The van der Waals surface area contributed by atoms with Crippen molar-refractivity contribution in [3.8, 4) is 0 Å². The van der Waals surface area contributed by atoms with E-state index in [1.165, 1.54) is 0 Å². The molecule has 0 atom stereocenters. The molecule has 66 valence electrons. The summed E-state index contributed by atoms with van der Waals surface area (Å²) in [5, 5.41) is 0. The Morgan fingerprint density at radius 3 is 1.00 bits per heavy atom. The number of rotatable bonds is 2. The summed E-state index contributed by atoms with van der Waals surface area (Å²) in [4.78, 5) is 0. The molecule has 1 nitrogen and oxygen atoms in total. The molecule has 0 saturated carbocycles. The molecule has 0 aromatic carbocycles. The van der Waals surface area contributed by atoms with Gasteiger partial charge < -0.3 is 0 Å². The van der Waals surface area contributed by atoms with E-state index < -0.39 is 20.4 Å². The first-order chi connectivity index (χ1) is 4.15. The van der Waals surface area contributed by atoms with Crippen molar-refractivity contribution >= 4 is 43.3 Å². The smallest absolute Gasteiger partial charge is 0.0411 e. The van der Waals surface area contributed by atoms with Crippen LogP contribution in [-0.4, -0.2) is 39.5 Å². The molecule has 0 N–H and O–H groups in total. The average Bonchev–Trinajstić information content (AvgIpc) is 1.59. The van der Waals surface area contributed by atoms with Gasteiger partial charge in [0.15, 0.2) is 0 Å². The van der Waals surface area contributed by atoms with Gasteiger partial charge in [-0.25, -0.2) is 0 Å². The molecular formula is C6H18INS2. The molecule has 0 bridgehead atoms. The Labute approximate surface area is 82.3 Å². The SMILES string of the molecule is CS(C)(C)N(I)S(C)(C)C. The van der Waals surface area contributed by atoms with Gasteiger partial charge in [-0.05, 0) is 37.5 Å². The molecule has 0 unspecified atom stereocenters. The fourth-order valence-corrected chi connectivity index (χ4v) is 6.04. The van der Waals surface area contributed by atoms with Crippen molar-refractivity contribution in [1.29, 1.82) is 0 Å². The van der Waals surface area contributed by atoms with E-state index in [0.29, 0.717) is 0 Å². The Morgan fingerprint density at radius 2 is 1.00 bits per heavy atom. The molecule has 0 aliphatic rings. The van der Waals surface area contributed by atoms with E-state index in [-0.39, 0.29) is 0 Å². The molecule has 0 aliphatic heterocycles. The van der Waals surface area contributed by atoms with Crippen LogP contribution in [0.15, 0.2) is 0 Å². The zero-order chi connectivity index (χ0) is 8.58.